The molecule has 2 aliphatic heterocycles. The summed E-state index contributed by atoms with van der Waals surface area (Å²) >= 11 is 0. The standard InChI is InChI=1S/C16H22FN3O/c17-16(15(21)20-8-1-2-9-20)5-10-19(11-6-16)13-14-4-3-7-18-12-14/h3-4,7,12H,1-2,5-6,8-11,13H2. The van der Waals surface area contributed by atoms with Crippen LogP contribution in [-0.4, -0.2) is 52.5 Å². The molecule has 0 unspecified atom stereocenters. The Morgan fingerprint density at radius 2 is 1.95 bits per heavy atom. The molecule has 1 aromatic rings. The smallest absolute Gasteiger partial charge is 0.260 e. The minimum absolute atomic E-state index is 0.277. The molecule has 0 aromatic carbocycles. The second-order valence-corrected chi connectivity index (χ2v) is 6.10. The zero-order chi connectivity index (χ0) is 14.7. The number of carbonyl (C=O) groups excluding carboxylic acids is 1. The summed E-state index contributed by atoms with van der Waals surface area (Å²) in [6, 6.07) is 3.94. The summed E-state index contributed by atoms with van der Waals surface area (Å²) in [6.07, 6.45) is 6.22. The largest absolute Gasteiger partial charge is 0.340 e. The van der Waals surface area contributed by atoms with E-state index in [2.05, 4.69) is 9.88 Å². The Labute approximate surface area is 125 Å². The second-order valence-electron chi connectivity index (χ2n) is 6.10. The normalized spacial score (nSPS) is 22.4. The molecule has 1 aromatic heterocycles. The molecule has 0 bridgehead atoms. The Balaban J connectivity index is 1.55. The molecule has 0 spiro atoms. The van der Waals surface area contributed by atoms with E-state index >= 15 is 0 Å². The highest BCUT2D eigenvalue weighted by Crippen LogP contribution is 2.30. The van der Waals surface area contributed by atoms with Gasteiger partial charge in [0.15, 0.2) is 5.67 Å². The van der Waals surface area contributed by atoms with Crippen molar-refractivity contribution in [3.05, 3.63) is 30.1 Å². The molecule has 3 heterocycles. The van der Waals surface area contributed by atoms with E-state index in [0.717, 1.165) is 38.0 Å². The monoisotopic (exact) mass is 291 g/mol. The molecule has 4 nitrogen and oxygen atoms in total. The number of rotatable bonds is 3. The van der Waals surface area contributed by atoms with E-state index in [1.54, 1.807) is 11.1 Å². The van der Waals surface area contributed by atoms with Crippen LogP contribution in [0.25, 0.3) is 0 Å². The van der Waals surface area contributed by atoms with Crippen molar-refractivity contribution in [3.8, 4) is 0 Å². The first-order valence-electron chi connectivity index (χ1n) is 7.77. The van der Waals surface area contributed by atoms with Crippen molar-refractivity contribution in [1.82, 2.24) is 14.8 Å². The average molecular weight is 291 g/mol. The predicted molar refractivity (Wildman–Crippen MR) is 78.4 cm³/mol. The summed E-state index contributed by atoms with van der Waals surface area (Å²) in [6.45, 7) is 3.49. The van der Waals surface area contributed by atoms with Crippen LogP contribution in [0, 0.1) is 0 Å². The Hall–Kier alpha value is -1.49. The van der Waals surface area contributed by atoms with Crippen LogP contribution >= 0.6 is 0 Å². The molecular weight excluding hydrogens is 269 g/mol. The first-order chi connectivity index (χ1) is 10.2. The quantitative estimate of drug-likeness (QED) is 0.855. The SMILES string of the molecule is O=C(N1CCCC1)C1(F)CCN(Cc2cccnc2)CC1. The van der Waals surface area contributed by atoms with Gasteiger partial charge in [-0.2, -0.15) is 0 Å². The molecule has 0 N–H and O–H groups in total. The summed E-state index contributed by atoms with van der Waals surface area (Å²) in [5.41, 5.74) is -0.509. The lowest BCUT2D eigenvalue weighted by Gasteiger charge is -2.37. The fourth-order valence-electron chi connectivity index (χ4n) is 3.23. The minimum atomic E-state index is -1.64. The van der Waals surface area contributed by atoms with Crippen LogP contribution in [0.15, 0.2) is 24.5 Å². The first-order valence-corrected chi connectivity index (χ1v) is 7.77. The van der Waals surface area contributed by atoms with Crippen molar-refractivity contribution in [1.29, 1.82) is 0 Å². The molecule has 2 saturated heterocycles. The number of piperidine rings is 1. The number of likely N-dealkylation sites (tertiary alicyclic amines) is 2. The molecule has 5 heteroatoms. The highest BCUT2D eigenvalue weighted by atomic mass is 19.1. The van der Waals surface area contributed by atoms with Crippen molar-refractivity contribution in [2.24, 2.45) is 0 Å². The molecule has 1 amide bonds. The third-order valence-corrected chi connectivity index (χ3v) is 4.55. The van der Waals surface area contributed by atoms with E-state index in [1.165, 1.54) is 0 Å². The highest BCUT2D eigenvalue weighted by Gasteiger charge is 2.44. The minimum Gasteiger partial charge on any atom is -0.340 e. The van der Waals surface area contributed by atoms with Crippen LogP contribution in [0.2, 0.25) is 0 Å². The Bertz CT molecular complexity index is 480. The molecule has 3 rings (SSSR count). The molecule has 0 aliphatic carbocycles. The molecule has 0 radical (unpaired) electrons. The number of halogens is 1. The molecule has 0 saturated carbocycles. The first kappa shape index (κ1) is 14.4. The summed E-state index contributed by atoms with van der Waals surface area (Å²) in [5, 5.41) is 0. The molecule has 0 atom stereocenters. The van der Waals surface area contributed by atoms with Gasteiger partial charge < -0.3 is 4.90 Å². The van der Waals surface area contributed by atoms with Gasteiger partial charge in [0, 0.05) is 58.0 Å². The van der Waals surface area contributed by atoms with E-state index in [4.69, 9.17) is 0 Å². The number of aromatic nitrogens is 1. The number of hydrogen-bond acceptors (Lipinski definition) is 3. The van der Waals surface area contributed by atoms with E-state index in [0.29, 0.717) is 25.9 Å². The Morgan fingerprint density at radius 1 is 1.24 bits per heavy atom. The maximum absolute atomic E-state index is 14.9. The zero-order valence-electron chi connectivity index (χ0n) is 12.3. The number of carbonyl (C=O) groups is 1. The van der Waals surface area contributed by atoms with Gasteiger partial charge in [-0.25, -0.2) is 4.39 Å². The van der Waals surface area contributed by atoms with Gasteiger partial charge in [-0.05, 0) is 24.5 Å². The van der Waals surface area contributed by atoms with Gasteiger partial charge >= 0.3 is 0 Å². The second kappa shape index (κ2) is 6.10. The van der Waals surface area contributed by atoms with Crippen molar-refractivity contribution in [3.63, 3.8) is 0 Å². The topological polar surface area (TPSA) is 36.4 Å². The number of nitrogens with zero attached hydrogens (tertiary/aromatic N) is 3. The highest BCUT2D eigenvalue weighted by molar-refractivity contribution is 5.85. The van der Waals surface area contributed by atoms with Gasteiger partial charge in [0.05, 0.1) is 0 Å². The molecule has 2 aliphatic rings. The summed E-state index contributed by atoms with van der Waals surface area (Å²) in [5.74, 6) is -0.277. The van der Waals surface area contributed by atoms with Crippen LogP contribution in [0.1, 0.15) is 31.2 Å². The average Bonchev–Trinajstić information content (AvgIpc) is 3.04. The predicted octanol–water partition coefficient (Wildman–Crippen LogP) is 2.01. The van der Waals surface area contributed by atoms with Crippen molar-refractivity contribution < 1.29 is 9.18 Å². The lowest BCUT2D eigenvalue weighted by Crippen LogP contribution is -2.51. The van der Waals surface area contributed by atoms with Crippen molar-refractivity contribution >= 4 is 5.91 Å². The number of hydrogen-bond donors (Lipinski definition) is 0. The number of pyridine rings is 1. The van der Waals surface area contributed by atoms with Crippen molar-refractivity contribution in [2.75, 3.05) is 26.2 Å². The summed E-state index contributed by atoms with van der Waals surface area (Å²) in [7, 11) is 0. The van der Waals surface area contributed by atoms with E-state index in [1.807, 2.05) is 18.3 Å². The number of amides is 1. The fourth-order valence-corrected chi connectivity index (χ4v) is 3.23. The van der Waals surface area contributed by atoms with Crippen LogP contribution in [-0.2, 0) is 11.3 Å². The molecule has 114 valence electrons. The van der Waals surface area contributed by atoms with E-state index < -0.39 is 5.67 Å². The van der Waals surface area contributed by atoms with Gasteiger partial charge in [0.1, 0.15) is 0 Å². The number of alkyl halides is 1. The molecule has 21 heavy (non-hydrogen) atoms. The maximum atomic E-state index is 14.9. The maximum Gasteiger partial charge on any atom is 0.260 e. The third kappa shape index (κ3) is 3.23. The van der Waals surface area contributed by atoms with E-state index in [-0.39, 0.29) is 5.91 Å². The van der Waals surface area contributed by atoms with Crippen LogP contribution in [0.4, 0.5) is 4.39 Å². The fraction of sp³-hybridized carbons (Fsp3) is 0.625. The van der Waals surface area contributed by atoms with Crippen molar-refractivity contribution in [2.45, 2.75) is 37.9 Å². The van der Waals surface area contributed by atoms with Crippen LogP contribution in [0.5, 0.6) is 0 Å². The third-order valence-electron chi connectivity index (χ3n) is 4.55. The van der Waals surface area contributed by atoms with Gasteiger partial charge in [-0.1, -0.05) is 6.07 Å². The van der Waals surface area contributed by atoms with Gasteiger partial charge in [-0.3, -0.25) is 14.7 Å². The van der Waals surface area contributed by atoms with Crippen LogP contribution in [0.3, 0.4) is 0 Å². The lowest BCUT2D eigenvalue weighted by atomic mass is 9.91. The Morgan fingerprint density at radius 3 is 2.57 bits per heavy atom. The van der Waals surface area contributed by atoms with Crippen LogP contribution < -0.4 is 0 Å². The summed E-state index contributed by atoms with van der Waals surface area (Å²) in [4.78, 5) is 20.3. The lowest BCUT2D eigenvalue weighted by molar-refractivity contribution is -0.146. The molecular formula is C16H22FN3O. The Kier molecular flexibility index (Phi) is 4.19. The zero-order valence-corrected chi connectivity index (χ0v) is 12.3. The summed E-state index contributed by atoms with van der Waals surface area (Å²) < 4.78 is 14.9. The molecule has 2 fully saturated rings. The van der Waals surface area contributed by atoms with Gasteiger partial charge in [-0.15, -0.1) is 0 Å². The van der Waals surface area contributed by atoms with Gasteiger partial charge in [0.25, 0.3) is 5.91 Å². The van der Waals surface area contributed by atoms with Gasteiger partial charge in [0.2, 0.25) is 0 Å². The van der Waals surface area contributed by atoms with E-state index in [9.17, 15) is 9.18 Å².